The lowest BCUT2D eigenvalue weighted by atomic mass is 9.82. The summed E-state index contributed by atoms with van der Waals surface area (Å²) in [7, 11) is 1.96. The molecule has 1 fully saturated rings. The van der Waals surface area contributed by atoms with Crippen molar-refractivity contribution in [2.45, 2.75) is 45.1 Å². The maximum atomic E-state index is 12.9. The number of amides is 1. The highest BCUT2D eigenvalue weighted by Gasteiger charge is 2.42. The van der Waals surface area contributed by atoms with Crippen molar-refractivity contribution in [1.82, 2.24) is 19.2 Å². The van der Waals surface area contributed by atoms with E-state index in [1.807, 2.05) is 23.6 Å². The van der Waals surface area contributed by atoms with Crippen LogP contribution in [0.4, 0.5) is 5.69 Å². The average molecular weight is 404 g/mol. The number of carbonyl (C=O) groups excluding carboxylic acids is 1. The molecule has 1 N–H and O–H groups in total. The molecule has 0 bridgehead atoms. The number of fused-ring (bicyclic) bond motifs is 4. The van der Waals surface area contributed by atoms with Gasteiger partial charge in [-0.25, -0.2) is 0 Å². The molecule has 0 radical (unpaired) electrons. The molecule has 1 amide bonds. The molecule has 0 unspecified atom stereocenters. The second-order valence-corrected chi connectivity index (χ2v) is 8.64. The minimum absolute atomic E-state index is 0.106. The van der Waals surface area contributed by atoms with Gasteiger partial charge in [-0.15, -0.1) is 0 Å². The molecule has 6 heteroatoms. The Hall–Kier alpha value is -3.02. The zero-order valence-electron chi connectivity index (χ0n) is 18.0. The number of nitrogens with zero attached hydrogens (tertiary/aromatic N) is 4. The van der Waals surface area contributed by atoms with Crippen LogP contribution < -0.4 is 5.32 Å². The molecule has 0 saturated carbocycles. The number of aryl methyl sites for hydroxylation is 2. The van der Waals surface area contributed by atoms with Crippen molar-refractivity contribution >= 4 is 11.6 Å². The summed E-state index contributed by atoms with van der Waals surface area (Å²) in [6.07, 6.45) is 5.30. The molecule has 5 rings (SSSR count). The van der Waals surface area contributed by atoms with Crippen molar-refractivity contribution in [2.24, 2.45) is 7.05 Å². The number of nitrogens with one attached hydrogen (secondary N) is 1. The topological polar surface area (TPSA) is 55.1 Å². The summed E-state index contributed by atoms with van der Waals surface area (Å²) in [4.78, 5) is 15.0. The number of carbonyl (C=O) groups is 1. The Morgan fingerprint density at radius 2 is 1.90 bits per heavy atom. The summed E-state index contributed by atoms with van der Waals surface area (Å²) in [5.74, 6) is 0.249. The fourth-order valence-corrected chi connectivity index (χ4v) is 5.18. The number of benzene rings is 1. The third kappa shape index (κ3) is 2.93. The standard InChI is InChI=1S/C24H29N5O/c1-17-19(18(2)27(3)26-17)10-11-23(30)28-15-12-24(13-16-28)22-9-6-14-29(22)21-8-5-4-7-20(21)25-24/h4-9,14,25H,10-13,15-16H2,1-3H3. The van der Waals surface area contributed by atoms with Crippen LogP contribution in [0.3, 0.4) is 0 Å². The zero-order valence-corrected chi connectivity index (χ0v) is 18.0. The number of likely N-dealkylation sites (tertiary alicyclic amines) is 1. The van der Waals surface area contributed by atoms with E-state index in [4.69, 9.17) is 0 Å². The van der Waals surface area contributed by atoms with Crippen LogP contribution in [0.1, 0.15) is 41.9 Å². The highest BCUT2D eigenvalue weighted by molar-refractivity contribution is 5.77. The molecule has 30 heavy (non-hydrogen) atoms. The molecule has 1 saturated heterocycles. The first-order valence-corrected chi connectivity index (χ1v) is 10.8. The van der Waals surface area contributed by atoms with Gasteiger partial charge in [-0.3, -0.25) is 9.48 Å². The second kappa shape index (κ2) is 7.04. The molecule has 6 nitrogen and oxygen atoms in total. The van der Waals surface area contributed by atoms with Crippen molar-refractivity contribution in [1.29, 1.82) is 0 Å². The predicted octanol–water partition coefficient (Wildman–Crippen LogP) is 3.70. The largest absolute Gasteiger partial charge is 0.372 e. The first-order chi connectivity index (χ1) is 14.5. The van der Waals surface area contributed by atoms with Crippen molar-refractivity contribution in [2.75, 3.05) is 18.4 Å². The number of para-hydroxylation sites is 2. The average Bonchev–Trinajstić information content (AvgIpc) is 3.33. The van der Waals surface area contributed by atoms with Crippen LogP contribution in [-0.2, 0) is 23.8 Å². The number of hydrogen-bond donors (Lipinski definition) is 1. The Bertz CT molecular complexity index is 1100. The quantitative estimate of drug-likeness (QED) is 0.725. The van der Waals surface area contributed by atoms with Gasteiger partial charge in [0.15, 0.2) is 0 Å². The molecule has 0 aliphatic carbocycles. The lowest BCUT2D eigenvalue weighted by Gasteiger charge is -2.46. The summed E-state index contributed by atoms with van der Waals surface area (Å²) >= 11 is 0. The van der Waals surface area contributed by atoms with E-state index in [0.29, 0.717) is 6.42 Å². The van der Waals surface area contributed by atoms with Crippen molar-refractivity contribution < 1.29 is 4.79 Å². The molecule has 156 valence electrons. The maximum absolute atomic E-state index is 12.9. The lowest BCUT2D eigenvalue weighted by molar-refractivity contribution is -0.132. The van der Waals surface area contributed by atoms with E-state index in [-0.39, 0.29) is 11.4 Å². The number of piperidine rings is 1. The van der Waals surface area contributed by atoms with Gasteiger partial charge in [0.2, 0.25) is 5.91 Å². The van der Waals surface area contributed by atoms with E-state index in [0.717, 1.165) is 43.7 Å². The summed E-state index contributed by atoms with van der Waals surface area (Å²) < 4.78 is 4.21. The summed E-state index contributed by atoms with van der Waals surface area (Å²) in [6.45, 7) is 5.67. The summed E-state index contributed by atoms with van der Waals surface area (Å²) in [6, 6.07) is 12.8. The molecular weight excluding hydrogens is 374 g/mol. The number of rotatable bonds is 3. The van der Waals surface area contributed by atoms with Crippen LogP contribution in [0.5, 0.6) is 0 Å². The molecule has 2 aliphatic rings. The highest BCUT2D eigenvalue weighted by Crippen LogP contribution is 2.43. The Morgan fingerprint density at radius 1 is 1.13 bits per heavy atom. The fraction of sp³-hybridized carbons (Fsp3) is 0.417. The van der Waals surface area contributed by atoms with Crippen LogP contribution in [0.2, 0.25) is 0 Å². The third-order valence-corrected chi connectivity index (χ3v) is 6.99. The Balaban J connectivity index is 1.28. The number of hydrogen-bond acceptors (Lipinski definition) is 3. The van der Waals surface area contributed by atoms with Crippen LogP contribution in [-0.4, -0.2) is 38.2 Å². The van der Waals surface area contributed by atoms with Gasteiger partial charge >= 0.3 is 0 Å². The van der Waals surface area contributed by atoms with E-state index in [1.54, 1.807) is 0 Å². The smallest absolute Gasteiger partial charge is 0.222 e. The molecule has 1 aromatic carbocycles. The second-order valence-electron chi connectivity index (χ2n) is 8.64. The van der Waals surface area contributed by atoms with Gasteiger partial charge in [0.25, 0.3) is 0 Å². The third-order valence-electron chi connectivity index (χ3n) is 6.99. The zero-order chi connectivity index (χ0) is 20.9. The first kappa shape index (κ1) is 19.0. The minimum Gasteiger partial charge on any atom is -0.372 e. The monoisotopic (exact) mass is 403 g/mol. The van der Waals surface area contributed by atoms with Crippen LogP contribution in [0.25, 0.3) is 5.69 Å². The van der Waals surface area contributed by atoms with Crippen molar-refractivity contribution in [3.8, 4) is 5.69 Å². The predicted molar refractivity (Wildman–Crippen MR) is 118 cm³/mol. The fourth-order valence-electron chi connectivity index (χ4n) is 5.18. The molecule has 0 atom stereocenters. The molecule has 1 spiro atoms. The van der Waals surface area contributed by atoms with Gasteiger partial charge in [0.05, 0.1) is 22.6 Å². The van der Waals surface area contributed by atoms with E-state index >= 15 is 0 Å². The van der Waals surface area contributed by atoms with Gasteiger partial charge < -0.3 is 14.8 Å². The molecular formula is C24H29N5O. The van der Waals surface area contributed by atoms with Crippen LogP contribution in [0.15, 0.2) is 42.6 Å². The Kier molecular flexibility index (Phi) is 4.45. The van der Waals surface area contributed by atoms with E-state index in [9.17, 15) is 4.79 Å². The van der Waals surface area contributed by atoms with Gasteiger partial charge in [-0.2, -0.15) is 5.10 Å². The summed E-state index contributed by atoms with van der Waals surface area (Å²) in [5.41, 5.74) is 6.96. The SMILES string of the molecule is Cc1nn(C)c(C)c1CCC(=O)N1CCC2(CC1)Nc1ccccc1-n1cccc12. The number of aromatic nitrogens is 3. The maximum Gasteiger partial charge on any atom is 0.222 e. The van der Waals surface area contributed by atoms with Gasteiger partial charge in [-0.1, -0.05) is 12.1 Å². The van der Waals surface area contributed by atoms with Crippen LogP contribution >= 0.6 is 0 Å². The minimum atomic E-state index is -0.106. The van der Waals surface area contributed by atoms with Gasteiger partial charge in [-0.05, 0) is 62.9 Å². The highest BCUT2D eigenvalue weighted by atomic mass is 16.2. The number of anilines is 1. The molecule has 3 aromatic rings. The normalized spacial score (nSPS) is 16.8. The first-order valence-electron chi connectivity index (χ1n) is 10.8. The van der Waals surface area contributed by atoms with Crippen molar-refractivity contribution in [3.63, 3.8) is 0 Å². The molecule has 2 aliphatic heterocycles. The van der Waals surface area contributed by atoms with Gasteiger partial charge in [0.1, 0.15) is 0 Å². The lowest BCUT2D eigenvalue weighted by Crippen LogP contribution is -2.51. The molecule has 4 heterocycles. The van der Waals surface area contributed by atoms with Crippen LogP contribution in [0, 0.1) is 13.8 Å². The molecule has 2 aromatic heterocycles. The van der Waals surface area contributed by atoms with E-state index < -0.39 is 0 Å². The Morgan fingerprint density at radius 3 is 2.63 bits per heavy atom. The van der Waals surface area contributed by atoms with E-state index in [1.165, 1.54) is 22.6 Å². The van der Waals surface area contributed by atoms with Gasteiger partial charge in [0, 0.05) is 44.1 Å². The van der Waals surface area contributed by atoms with Crippen molar-refractivity contribution in [3.05, 3.63) is 65.2 Å². The van der Waals surface area contributed by atoms with E-state index in [2.05, 4.69) is 64.5 Å². The Labute approximate surface area is 177 Å². The summed E-state index contributed by atoms with van der Waals surface area (Å²) in [5, 5.41) is 8.29.